The molecule has 0 saturated heterocycles. The minimum absolute atomic E-state index is 0.000831. The van der Waals surface area contributed by atoms with Crippen LogP contribution in [0.2, 0.25) is 15.1 Å². The molecular formula is C25H15Cl5F3N3O3. The van der Waals surface area contributed by atoms with E-state index in [1.807, 2.05) is 0 Å². The second kappa shape index (κ2) is 11.1. The van der Waals surface area contributed by atoms with E-state index in [2.05, 4.69) is 10.6 Å². The van der Waals surface area contributed by atoms with Crippen LogP contribution in [0.1, 0.15) is 21.8 Å². The van der Waals surface area contributed by atoms with E-state index in [9.17, 15) is 27.6 Å². The van der Waals surface area contributed by atoms with Gasteiger partial charge in [0.15, 0.2) is 0 Å². The molecule has 14 heteroatoms. The zero-order valence-corrected chi connectivity index (χ0v) is 23.0. The minimum Gasteiger partial charge on any atom is -0.326 e. The summed E-state index contributed by atoms with van der Waals surface area (Å²) in [4.78, 5) is 36.9. The van der Waals surface area contributed by atoms with Gasteiger partial charge in [0.05, 0.1) is 16.5 Å². The van der Waals surface area contributed by atoms with E-state index in [0.29, 0.717) is 15.6 Å². The smallest absolute Gasteiger partial charge is 0.326 e. The Bertz CT molecular complexity index is 1450. The van der Waals surface area contributed by atoms with Crippen molar-refractivity contribution in [1.29, 1.82) is 0 Å². The summed E-state index contributed by atoms with van der Waals surface area (Å²) in [7, 11) is 0. The van der Waals surface area contributed by atoms with Gasteiger partial charge in [0.25, 0.3) is 5.91 Å². The number of amides is 3. The minimum atomic E-state index is -5.04. The van der Waals surface area contributed by atoms with Crippen molar-refractivity contribution in [3.63, 3.8) is 0 Å². The zero-order chi connectivity index (χ0) is 28.7. The molecule has 0 heterocycles. The van der Waals surface area contributed by atoms with Crippen LogP contribution in [0.25, 0.3) is 0 Å². The molecule has 1 aliphatic carbocycles. The van der Waals surface area contributed by atoms with Gasteiger partial charge in [-0.1, -0.05) is 34.8 Å². The highest BCUT2D eigenvalue weighted by Crippen LogP contribution is 2.65. The molecule has 3 aromatic carbocycles. The number of hydrogen-bond acceptors (Lipinski definition) is 3. The lowest BCUT2D eigenvalue weighted by molar-refractivity contribution is -0.167. The SMILES string of the molecule is O=C(Nc1ccc(NC(=O)C(F)(F)F)cc1)c1cc(NC(=O)[C@H]2[C@H](c3cc(Cl)cc(Cl)c3)C2(Cl)Cl)ccc1Cl. The van der Waals surface area contributed by atoms with Gasteiger partial charge in [-0.05, 0) is 66.2 Å². The van der Waals surface area contributed by atoms with E-state index in [1.165, 1.54) is 48.5 Å². The monoisotopic (exact) mass is 637 g/mol. The Hall–Kier alpha value is -2.69. The summed E-state index contributed by atoms with van der Waals surface area (Å²) in [5.74, 6) is -4.70. The first kappa shape index (κ1) is 29.3. The van der Waals surface area contributed by atoms with E-state index >= 15 is 0 Å². The Balaban J connectivity index is 1.44. The van der Waals surface area contributed by atoms with Crippen molar-refractivity contribution in [1.82, 2.24) is 0 Å². The number of nitrogens with one attached hydrogen (secondary N) is 3. The quantitative estimate of drug-likeness (QED) is 0.240. The molecule has 1 saturated carbocycles. The first-order chi connectivity index (χ1) is 18.2. The van der Waals surface area contributed by atoms with Crippen molar-refractivity contribution in [2.45, 2.75) is 16.4 Å². The molecule has 204 valence electrons. The zero-order valence-electron chi connectivity index (χ0n) is 19.2. The Kier molecular flexibility index (Phi) is 8.31. The van der Waals surface area contributed by atoms with Gasteiger partial charge in [0.1, 0.15) is 4.33 Å². The predicted octanol–water partition coefficient (Wildman–Crippen LogP) is 7.93. The van der Waals surface area contributed by atoms with Crippen LogP contribution in [-0.2, 0) is 9.59 Å². The van der Waals surface area contributed by atoms with Crippen molar-refractivity contribution < 1.29 is 27.6 Å². The Morgan fingerprint density at radius 3 is 1.85 bits per heavy atom. The summed E-state index contributed by atoms with van der Waals surface area (Å²) >= 11 is 31.1. The molecule has 0 bridgehead atoms. The number of halogens is 8. The van der Waals surface area contributed by atoms with Crippen molar-refractivity contribution in [2.24, 2.45) is 5.92 Å². The van der Waals surface area contributed by atoms with Crippen LogP contribution in [-0.4, -0.2) is 28.2 Å². The fraction of sp³-hybridized carbons (Fsp3) is 0.160. The van der Waals surface area contributed by atoms with Gasteiger partial charge in [0.2, 0.25) is 5.91 Å². The van der Waals surface area contributed by atoms with Crippen LogP contribution in [0.15, 0.2) is 60.7 Å². The van der Waals surface area contributed by atoms with Gasteiger partial charge in [-0.15, -0.1) is 23.2 Å². The molecule has 0 unspecified atom stereocenters. The van der Waals surface area contributed by atoms with Crippen LogP contribution < -0.4 is 16.0 Å². The van der Waals surface area contributed by atoms with Gasteiger partial charge >= 0.3 is 12.1 Å². The third-order valence-corrected chi connectivity index (χ3v) is 7.42. The van der Waals surface area contributed by atoms with Crippen LogP contribution in [0.3, 0.4) is 0 Å². The number of carbonyl (C=O) groups is 3. The van der Waals surface area contributed by atoms with Gasteiger partial charge < -0.3 is 16.0 Å². The van der Waals surface area contributed by atoms with Gasteiger partial charge in [0, 0.05) is 33.0 Å². The van der Waals surface area contributed by atoms with E-state index < -0.39 is 40.1 Å². The highest BCUT2D eigenvalue weighted by atomic mass is 35.5. The third-order valence-electron chi connectivity index (χ3n) is 5.72. The summed E-state index contributed by atoms with van der Waals surface area (Å²) in [6, 6.07) is 13.9. The molecule has 1 aliphatic rings. The van der Waals surface area contributed by atoms with Gasteiger partial charge in [-0.2, -0.15) is 13.2 Å². The van der Waals surface area contributed by atoms with Crippen LogP contribution in [0.4, 0.5) is 30.2 Å². The third kappa shape index (κ3) is 6.73. The van der Waals surface area contributed by atoms with E-state index in [4.69, 9.17) is 58.0 Å². The first-order valence-electron chi connectivity index (χ1n) is 10.9. The van der Waals surface area contributed by atoms with Crippen molar-refractivity contribution >= 4 is 92.8 Å². The largest absolute Gasteiger partial charge is 0.471 e. The number of rotatable bonds is 6. The fourth-order valence-electron chi connectivity index (χ4n) is 3.86. The fourth-order valence-corrected chi connectivity index (χ4v) is 5.43. The average Bonchev–Trinajstić information content (AvgIpc) is 3.42. The molecule has 0 aliphatic heterocycles. The van der Waals surface area contributed by atoms with Crippen LogP contribution in [0, 0.1) is 5.92 Å². The predicted molar refractivity (Wildman–Crippen MR) is 146 cm³/mol. The summed E-state index contributed by atoms with van der Waals surface area (Å²) in [5.41, 5.74) is 0.925. The Morgan fingerprint density at radius 2 is 1.28 bits per heavy atom. The lowest BCUT2D eigenvalue weighted by Gasteiger charge is -2.11. The second-order valence-electron chi connectivity index (χ2n) is 8.50. The number of benzene rings is 3. The highest BCUT2D eigenvalue weighted by Gasteiger charge is 2.67. The second-order valence-corrected chi connectivity index (χ2v) is 11.2. The molecule has 4 rings (SSSR count). The maximum atomic E-state index is 13.0. The van der Waals surface area contributed by atoms with Gasteiger partial charge in [-0.25, -0.2) is 0 Å². The van der Waals surface area contributed by atoms with Crippen molar-refractivity contribution in [3.8, 4) is 0 Å². The highest BCUT2D eigenvalue weighted by molar-refractivity contribution is 6.53. The number of carbonyl (C=O) groups excluding carboxylic acids is 3. The molecule has 3 amide bonds. The standard InChI is InChI=1S/C25H15Cl5F3N3O3/c26-12-7-11(8-13(27)9-12)19-20(24(19,29)30)22(38)35-16-5-6-18(28)17(10-16)21(37)34-14-1-3-15(4-2-14)36-23(39)25(31,32)33/h1-10,19-20H,(H,34,37)(H,35,38)(H,36,39)/t19-,20+/m0/s1. The normalized spacial score (nSPS) is 17.7. The summed E-state index contributed by atoms with van der Waals surface area (Å²) in [6.07, 6.45) is -5.04. The van der Waals surface area contributed by atoms with Crippen molar-refractivity contribution in [3.05, 3.63) is 86.9 Å². The van der Waals surface area contributed by atoms with E-state index in [0.717, 1.165) is 0 Å². The molecule has 0 aromatic heterocycles. The van der Waals surface area contributed by atoms with E-state index in [1.54, 1.807) is 17.4 Å². The topological polar surface area (TPSA) is 87.3 Å². The first-order valence-corrected chi connectivity index (χ1v) is 12.8. The molecule has 0 radical (unpaired) electrons. The molecule has 3 aromatic rings. The number of hydrogen-bond donors (Lipinski definition) is 3. The summed E-state index contributed by atoms with van der Waals surface area (Å²) in [6.45, 7) is 0. The molecule has 39 heavy (non-hydrogen) atoms. The average molecular weight is 640 g/mol. The van der Waals surface area contributed by atoms with Gasteiger partial charge in [-0.3, -0.25) is 14.4 Å². The number of alkyl halides is 5. The van der Waals surface area contributed by atoms with Crippen LogP contribution in [0.5, 0.6) is 0 Å². The van der Waals surface area contributed by atoms with Crippen LogP contribution >= 0.6 is 58.0 Å². The lowest BCUT2D eigenvalue weighted by atomic mass is 10.1. The summed E-state index contributed by atoms with van der Waals surface area (Å²) < 4.78 is 35.8. The molecule has 3 N–H and O–H groups in total. The number of anilines is 3. The molecule has 2 atom stereocenters. The molecule has 0 spiro atoms. The molecular weight excluding hydrogens is 625 g/mol. The lowest BCUT2D eigenvalue weighted by Crippen LogP contribution is -2.29. The maximum absolute atomic E-state index is 13.0. The molecule has 6 nitrogen and oxygen atoms in total. The molecule has 1 fully saturated rings. The van der Waals surface area contributed by atoms with E-state index in [-0.39, 0.29) is 27.6 Å². The van der Waals surface area contributed by atoms with Crippen molar-refractivity contribution in [2.75, 3.05) is 16.0 Å². The Morgan fingerprint density at radius 1 is 0.744 bits per heavy atom. The Labute approximate surface area is 244 Å². The maximum Gasteiger partial charge on any atom is 0.471 e. The summed E-state index contributed by atoms with van der Waals surface area (Å²) in [5, 5.41) is 7.70.